The van der Waals surface area contributed by atoms with E-state index in [1.807, 2.05) is 6.92 Å². The van der Waals surface area contributed by atoms with Crippen molar-refractivity contribution in [2.24, 2.45) is 109 Å². The van der Waals surface area contributed by atoms with Gasteiger partial charge in [0.2, 0.25) is 6.10 Å². The minimum Gasteiger partial charge on any atom is -0.465 e. The predicted molar refractivity (Wildman–Crippen MR) is 301 cm³/mol. The maximum absolute atomic E-state index is 15.5. The van der Waals surface area contributed by atoms with E-state index in [0.29, 0.717) is 84.9 Å². The van der Waals surface area contributed by atoms with E-state index in [-0.39, 0.29) is 86.4 Å². The fraction of sp³-hybridized carbons (Fsp3) is 0.897. The third-order valence-electron chi connectivity index (χ3n) is 25.6. The molecule has 0 spiro atoms. The van der Waals surface area contributed by atoms with Crippen molar-refractivity contribution in [1.29, 1.82) is 0 Å². The van der Waals surface area contributed by atoms with Crippen LogP contribution in [0.1, 0.15) is 230 Å². The normalized spacial score (nSPS) is 41.1. The van der Waals surface area contributed by atoms with E-state index in [1.54, 1.807) is 34.6 Å². The van der Waals surface area contributed by atoms with Crippen molar-refractivity contribution in [2.45, 2.75) is 259 Å². The van der Waals surface area contributed by atoms with Gasteiger partial charge in [-0.3, -0.25) is 28.8 Å². The van der Waals surface area contributed by atoms with Crippen molar-refractivity contribution in [1.82, 2.24) is 0 Å². The van der Waals surface area contributed by atoms with Gasteiger partial charge >= 0.3 is 41.8 Å². The van der Waals surface area contributed by atoms with Crippen LogP contribution in [0.3, 0.4) is 0 Å². The zero-order chi connectivity index (χ0) is 58.3. The summed E-state index contributed by atoms with van der Waals surface area (Å²) >= 11 is 0. The maximum Gasteiger partial charge on any atom is 0.347 e. The number of carbonyl (C=O) groups is 7. The van der Waals surface area contributed by atoms with E-state index in [1.165, 1.54) is 57.8 Å². The average Bonchev–Trinajstić information content (AvgIpc) is 1.63. The van der Waals surface area contributed by atoms with Crippen LogP contribution in [-0.4, -0.2) is 84.5 Å². The second kappa shape index (κ2) is 20.7. The number of cyclic esters (lactones) is 1. The molecule has 0 aromatic rings. The molecule has 2 aliphatic heterocycles. The molecule has 0 amide bonds. The first-order chi connectivity index (χ1) is 38.5. The summed E-state index contributed by atoms with van der Waals surface area (Å²) in [5, 5.41) is 0. The summed E-state index contributed by atoms with van der Waals surface area (Å²) in [5.74, 6) is 2.70. The Morgan fingerprint density at radius 2 is 1.16 bits per heavy atom. The van der Waals surface area contributed by atoms with E-state index >= 15 is 14.4 Å². The molecule has 14 fully saturated rings. The lowest BCUT2D eigenvalue weighted by molar-refractivity contribution is -0.208. The molecule has 14 rings (SSSR count). The highest BCUT2D eigenvalue weighted by Gasteiger charge is 2.65. The van der Waals surface area contributed by atoms with Gasteiger partial charge in [0.15, 0.2) is 0 Å². The highest BCUT2D eigenvalue weighted by molar-refractivity contribution is 5.86. The molecule has 0 radical (unpaired) electrons. The number of rotatable bonds is 23. The Morgan fingerprint density at radius 1 is 0.573 bits per heavy atom. The number of hydrogen-bond donors (Lipinski definition) is 0. The molecule has 13 unspecified atom stereocenters. The second-order valence-electron chi connectivity index (χ2n) is 33.3. The van der Waals surface area contributed by atoms with Gasteiger partial charge in [0.05, 0.1) is 46.2 Å². The Bertz CT molecular complexity index is 2490. The number of carbonyl (C=O) groups excluding carboxylic acids is 7. The molecule has 14 nitrogen and oxygen atoms in total. The quantitative estimate of drug-likeness (QED) is 0.0695. The Kier molecular flexibility index (Phi) is 14.8. The second-order valence-corrected chi connectivity index (χ2v) is 33.3. The molecule has 2 saturated heterocycles. The van der Waals surface area contributed by atoms with Crippen LogP contribution in [0.2, 0.25) is 0 Å². The van der Waals surface area contributed by atoms with Crippen LogP contribution in [-0.2, 0) is 66.7 Å². The van der Waals surface area contributed by atoms with Gasteiger partial charge in [0, 0.05) is 30.1 Å². The topological polar surface area (TPSA) is 184 Å². The molecule has 0 aromatic carbocycles. The van der Waals surface area contributed by atoms with Crippen LogP contribution in [0.25, 0.3) is 0 Å². The molecule has 12 aliphatic carbocycles. The predicted octanol–water partition coefficient (Wildman–Crippen LogP) is 12.4. The van der Waals surface area contributed by atoms with Crippen LogP contribution >= 0.6 is 0 Å². The van der Waals surface area contributed by atoms with Gasteiger partial charge in [-0.2, -0.15) is 0 Å². The van der Waals surface area contributed by atoms with Crippen molar-refractivity contribution < 1.29 is 66.7 Å². The third-order valence-corrected chi connectivity index (χ3v) is 25.6. The average molecular weight is 1140 g/mol. The Balaban J connectivity index is 0.793. The number of esters is 7. The Hall–Kier alpha value is -3.71. The van der Waals surface area contributed by atoms with E-state index in [0.717, 1.165) is 44.9 Å². The van der Waals surface area contributed by atoms with Crippen LogP contribution in [0.4, 0.5) is 0 Å². The van der Waals surface area contributed by atoms with Crippen LogP contribution < -0.4 is 0 Å². The zero-order valence-electron chi connectivity index (χ0n) is 51.5. The lowest BCUT2D eigenvalue weighted by Crippen LogP contribution is -2.58. The molecule has 14 heteroatoms. The highest BCUT2D eigenvalue weighted by Crippen LogP contribution is 2.66. The fourth-order valence-corrected chi connectivity index (χ4v) is 21.9. The van der Waals surface area contributed by atoms with Crippen LogP contribution in [0.5, 0.6) is 0 Å². The largest absolute Gasteiger partial charge is 0.465 e. The van der Waals surface area contributed by atoms with Gasteiger partial charge in [-0.15, -0.1) is 0 Å². The molecule has 0 N–H and O–H groups in total. The summed E-state index contributed by atoms with van der Waals surface area (Å²) in [5.41, 5.74) is -7.35. The van der Waals surface area contributed by atoms with E-state index in [9.17, 15) is 19.2 Å². The number of ether oxygens (including phenoxy) is 7. The first-order valence-electron chi connectivity index (χ1n) is 32.9. The van der Waals surface area contributed by atoms with Gasteiger partial charge in [-0.05, 0) is 263 Å². The van der Waals surface area contributed by atoms with E-state index in [4.69, 9.17) is 33.2 Å². The molecular formula is C68H100O14. The minimum absolute atomic E-state index is 0.0134. The molecule has 13 atom stereocenters. The van der Waals surface area contributed by atoms with Gasteiger partial charge in [0.25, 0.3) is 0 Å². The monoisotopic (exact) mass is 1140 g/mol. The number of fused-ring (bicyclic) bond motifs is 3. The van der Waals surface area contributed by atoms with E-state index in [2.05, 4.69) is 27.7 Å². The van der Waals surface area contributed by atoms with Crippen molar-refractivity contribution in [3.63, 3.8) is 0 Å². The van der Waals surface area contributed by atoms with Crippen molar-refractivity contribution in [3.05, 3.63) is 0 Å². The molecule has 82 heavy (non-hydrogen) atoms. The van der Waals surface area contributed by atoms with Gasteiger partial charge in [-0.25, -0.2) is 4.79 Å². The summed E-state index contributed by atoms with van der Waals surface area (Å²) in [6.45, 7) is 19.6. The van der Waals surface area contributed by atoms with Crippen molar-refractivity contribution in [2.75, 3.05) is 13.2 Å². The lowest BCUT2D eigenvalue weighted by Gasteiger charge is -2.61. The lowest BCUT2D eigenvalue weighted by atomic mass is 9.46. The zero-order valence-corrected chi connectivity index (χ0v) is 51.5. The Morgan fingerprint density at radius 3 is 1.74 bits per heavy atom. The van der Waals surface area contributed by atoms with Gasteiger partial charge < -0.3 is 33.2 Å². The molecule has 12 saturated carbocycles. The van der Waals surface area contributed by atoms with Gasteiger partial charge in [0.1, 0.15) is 23.4 Å². The molecular weight excluding hydrogens is 1040 g/mol. The summed E-state index contributed by atoms with van der Waals surface area (Å²) in [6.07, 6.45) is 18.2. The molecule has 0 aromatic heterocycles. The van der Waals surface area contributed by atoms with Crippen molar-refractivity contribution in [3.8, 4) is 0 Å². The summed E-state index contributed by atoms with van der Waals surface area (Å²) in [7, 11) is 0. The van der Waals surface area contributed by atoms with Gasteiger partial charge in [-0.1, -0.05) is 13.3 Å². The fourth-order valence-electron chi connectivity index (χ4n) is 21.9. The SMILES string of the molecule is CC1C2CCC(C2)C1CC(C)(CCCC(C)(CC(C)(CC(C)(C)C(=O)OC(C)(C)CCOC(=O)C12CC3CC(CC(C3)C1)C2)C(=O)OC1CCOC1=O)C(=O)OC1C2CC3C(=O)OC1C3C2)C(=O)OC(C)(C)C12CC3CC(CC(C3)C1)C2. The highest BCUT2D eigenvalue weighted by atomic mass is 16.6. The Labute approximate surface area is 488 Å². The number of hydrogen-bond acceptors (Lipinski definition) is 14. The molecule has 2 heterocycles. The summed E-state index contributed by atoms with van der Waals surface area (Å²) in [6, 6.07) is 0. The first kappa shape index (κ1) is 58.7. The van der Waals surface area contributed by atoms with Crippen LogP contribution in [0, 0.1) is 109 Å². The van der Waals surface area contributed by atoms with Crippen LogP contribution in [0.15, 0.2) is 0 Å². The summed E-state index contributed by atoms with van der Waals surface area (Å²) in [4.78, 5) is 101. The van der Waals surface area contributed by atoms with E-state index < -0.39 is 80.5 Å². The minimum atomic E-state index is -1.58. The summed E-state index contributed by atoms with van der Waals surface area (Å²) < 4.78 is 43.2. The molecule has 14 aliphatic rings. The molecule has 456 valence electrons. The smallest absolute Gasteiger partial charge is 0.347 e. The van der Waals surface area contributed by atoms with Crippen molar-refractivity contribution >= 4 is 41.8 Å². The standard InChI is InChI=1S/C68H100O14/c1-38-45-12-13-46(26-45)50(38)35-64(8,59(74)82-63(6,7)68-32-42-23-43(33-68)25-44(24-42)34-68)15-11-16-65(9,57(72)80-52-47-27-48-49(28-47)54(69)79-53(48)52)37-66(10,58(73)78-51-14-18-76-55(51)70)36-61(2,3)56(71)81-62(4,5)17-19-77-60(75)67-29-39-20-40(30-67)22-41(21-39)31-67/h38-53H,11-37H2,1-10H3. The maximum atomic E-state index is 15.5. The third kappa shape index (κ3) is 10.6. The molecule has 12 bridgehead atoms. The first-order valence-corrected chi connectivity index (χ1v) is 32.9.